The van der Waals surface area contributed by atoms with Crippen molar-refractivity contribution in [2.24, 2.45) is 7.05 Å². The van der Waals surface area contributed by atoms with Crippen LogP contribution in [0.1, 0.15) is 16.1 Å². The summed E-state index contributed by atoms with van der Waals surface area (Å²) in [5.41, 5.74) is 2.25. The van der Waals surface area contributed by atoms with Gasteiger partial charge in [0.1, 0.15) is 5.69 Å². The van der Waals surface area contributed by atoms with Crippen molar-refractivity contribution < 1.29 is 13.2 Å². The molecule has 1 aromatic heterocycles. The van der Waals surface area contributed by atoms with Crippen LogP contribution in [0.4, 0.5) is 0 Å². The first-order valence-corrected chi connectivity index (χ1v) is 10.5. The van der Waals surface area contributed by atoms with Crippen LogP contribution in [0.15, 0.2) is 57.9 Å². The monoisotopic (exact) mass is 449 g/mol. The van der Waals surface area contributed by atoms with Gasteiger partial charge in [-0.05, 0) is 42.0 Å². The molecule has 0 atom stereocenters. The third kappa shape index (κ3) is 3.92. The summed E-state index contributed by atoms with van der Waals surface area (Å²) in [5, 5.41) is 3.60. The van der Waals surface area contributed by atoms with E-state index in [1.165, 1.54) is 18.4 Å². The standard InChI is InChI=1S/C19H20BrN3O3S/c1-22(2)27(25,26)16-7-8-17-14(10-16)11-18(23(17)3)19(24)21-12-13-5-4-6-15(20)9-13/h4-11H,12H2,1-3H3,(H,21,24). The number of sulfonamides is 1. The van der Waals surface area contributed by atoms with Gasteiger partial charge in [0.15, 0.2) is 0 Å². The van der Waals surface area contributed by atoms with Gasteiger partial charge in [-0.15, -0.1) is 0 Å². The molecule has 0 fully saturated rings. The van der Waals surface area contributed by atoms with Gasteiger partial charge in [-0.3, -0.25) is 4.79 Å². The number of amides is 1. The highest BCUT2D eigenvalue weighted by molar-refractivity contribution is 9.10. The summed E-state index contributed by atoms with van der Waals surface area (Å²) < 4.78 is 28.5. The van der Waals surface area contributed by atoms with E-state index < -0.39 is 10.0 Å². The molecule has 142 valence electrons. The second-order valence-electron chi connectivity index (χ2n) is 6.41. The van der Waals surface area contributed by atoms with E-state index >= 15 is 0 Å². The quantitative estimate of drug-likeness (QED) is 0.650. The van der Waals surface area contributed by atoms with Gasteiger partial charge in [0.2, 0.25) is 10.0 Å². The molecule has 0 radical (unpaired) electrons. The molecular weight excluding hydrogens is 430 g/mol. The Morgan fingerprint density at radius 2 is 1.89 bits per heavy atom. The molecule has 1 heterocycles. The topological polar surface area (TPSA) is 71.4 Å². The van der Waals surface area contributed by atoms with Crippen molar-refractivity contribution in [2.75, 3.05) is 14.1 Å². The maximum Gasteiger partial charge on any atom is 0.268 e. The highest BCUT2D eigenvalue weighted by atomic mass is 79.9. The van der Waals surface area contributed by atoms with Crippen LogP contribution in [0, 0.1) is 0 Å². The molecule has 1 amide bonds. The lowest BCUT2D eigenvalue weighted by Crippen LogP contribution is -2.24. The first-order chi connectivity index (χ1) is 12.7. The van der Waals surface area contributed by atoms with E-state index in [0.717, 1.165) is 15.6 Å². The highest BCUT2D eigenvalue weighted by Crippen LogP contribution is 2.24. The number of aryl methyl sites for hydroxylation is 1. The van der Waals surface area contributed by atoms with Gasteiger partial charge in [0, 0.05) is 43.1 Å². The zero-order chi connectivity index (χ0) is 19.8. The molecule has 3 aromatic rings. The molecule has 27 heavy (non-hydrogen) atoms. The van der Waals surface area contributed by atoms with E-state index in [0.29, 0.717) is 17.6 Å². The average Bonchev–Trinajstić information content (AvgIpc) is 2.96. The molecule has 1 N–H and O–H groups in total. The Balaban J connectivity index is 1.88. The average molecular weight is 450 g/mol. The molecule has 0 saturated heterocycles. The molecule has 0 unspecified atom stereocenters. The summed E-state index contributed by atoms with van der Waals surface area (Å²) in [5.74, 6) is -0.217. The second-order valence-corrected chi connectivity index (χ2v) is 9.48. The number of halogens is 1. The number of hydrogen-bond acceptors (Lipinski definition) is 3. The highest BCUT2D eigenvalue weighted by Gasteiger charge is 2.19. The van der Waals surface area contributed by atoms with Crippen molar-refractivity contribution in [3.63, 3.8) is 0 Å². The minimum Gasteiger partial charge on any atom is -0.347 e. The van der Waals surface area contributed by atoms with Gasteiger partial charge in [-0.25, -0.2) is 12.7 Å². The van der Waals surface area contributed by atoms with E-state index in [9.17, 15) is 13.2 Å². The number of fused-ring (bicyclic) bond motifs is 1. The van der Waals surface area contributed by atoms with Crippen LogP contribution >= 0.6 is 15.9 Å². The fourth-order valence-electron chi connectivity index (χ4n) is 2.84. The van der Waals surface area contributed by atoms with Gasteiger partial charge in [0.05, 0.1) is 4.90 Å². The fourth-order valence-corrected chi connectivity index (χ4v) is 4.22. The van der Waals surface area contributed by atoms with Gasteiger partial charge in [-0.2, -0.15) is 0 Å². The number of rotatable bonds is 5. The molecule has 0 aliphatic carbocycles. The zero-order valence-corrected chi connectivity index (χ0v) is 17.6. The van der Waals surface area contributed by atoms with Crippen molar-refractivity contribution in [1.82, 2.24) is 14.2 Å². The normalized spacial score (nSPS) is 11.9. The summed E-state index contributed by atoms with van der Waals surface area (Å²) >= 11 is 3.41. The van der Waals surface area contributed by atoms with E-state index in [-0.39, 0.29) is 10.8 Å². The Bertz CT molecular complexity index is 1120. The lowest BCUT2D eigenvalue weighted by Gasteiger charge is -2.11. The minimum atomic E-state index is -3.52. The molecule has 0 spiro atoms. The van der Waals surface area contributed by atoms with Crippen molar-refractivity contribution in [3.8, 4) is 0 Å². The number of nitrogens with one attached hydrogen (secondary N) is 1. The maximum absolute atomic E-state index is 12.6. The molecule has 2 aromatic carbocycles. The number of benzene rings is 2. The molecule has 0 saturated carbocycles. The molecule has 3 rings (SSSR count). The van der Waals surface area contributed by atoms with Gasteiger partial charge >= 0.3 is 0 Å². The largest absolute Gasteiger partial charge is 0.347 e. The predicted molar refractivity (Wildman–Crippen MR) is 109 cm³/mol. The second kappa shape index (κ2) is 7.46. The third-order valence-electron chi connectivity index (χ3n) is 4.37. The number of carbonyl (C=O) groups is 1. The molecule has 0 aliphatic rings. The molecule has 6 nitrogen and oxygen atoms in total. The van der Waals surface area contributed by atoms with Crippen LogP contribution in [-0.2, 0) is 23.6 Å². The number of carbonyl (C=O) groups excluding carboxylic acids is 1. The third-order valence-corrected chi connectivity index (χ3v) is 6.67. The van der Waals surface area contributed by atoms with Crippen LogP contribution in [0.25, 0.3) is 10.9 Å². The van der Waals surface area contributed by atoms with E-state index in [4.69, 9.17) is 0 Å². The Morgan fingerprint density at radius 3 is 2.56 bits per heavy atom. The van der Waals surface area contributed by atoms with Crippen LogP contribution in [0.5, 0.6) is 0 Å². The SMILES string of the molecule is CN(C)S(=O)(=O)c1ccc2c(c1)cc(C(=O)NCc1cccc(Br)c1)n2C. The Labute approximate surface area is 167 Å². The van der Waals surface area contributed by atoms with Gasteiger partial charge in [-0.1, -0.05) is 28.1 Å². The van der Waals surface area contributed by atoms with Gasteiger partial charge in [0.25, 0.3) is 5.91 Å². The maximum atomic E-state index is 12.6. The van der Waals surface area contributed by atoms with E-state index in [1.54, 1.807) is 35.9 Å². The van der Waals surface area contributed by atoms with Crippen LogP contribution in [0.2, 0.25) is 0 Å². The summed E-state index contributed by atoms with van der Waals surface area (Å²) in [7, 11) is 1.25. The first kappa shape index (κ1) is 19.6. The zero-order valence-electron chi connectivity index (χ0n) is 15.2. The summed E-state index contributed by atoms with van der Waals surface area (Å²) in [6.07, 6.45) is 0. The molecular formula is C19H20BrN3O3S. The smallest absolute Gasteiger partial charge is 0.268 e. The lowest BCUT2D eigenvalue weighted by molar-refractivity contribution is 0.0943. The Kier molecular flexibility index (Phi) is 5.41. The number of hydrogen-bond donors (Lipinski definition) is 1. The van der Waals surface area contributed by atoms with E-state index in [2.05, 4.69) is 21.2 Å². The summed E-state index contributed by atoms with van der Waals surface area (Å²) in [4.78, 5) is 12.8. The Hall–Kier alpha value is -2.16. The number of nitrogens with zero attached hydrogens (tertiary/aromatic N) is 2. The number of aromatic nitrogens is 1. The Morgan fingerprint density at radius 1 is 1.15 bits per heavy atom. The van der Waals surface area contributed by atoms with Crippen molar-refractivity contribution >= 4 is 42.8 Å². The molecule has 0 aliphatic heterocycles. The van der Waals surface area contributed by atoms with Crippen molar-refractivity contribution in [3.05, 3.63) is 64.3 Å². The summed E-state index contributed by atoms with van der Waals surface area (Å²) in [6, 6.07) is 14.3. The predicted octanol–water partition coefficient (Wildman–Crippen LogP) is 3.12. The van der Waals surface area contributed by atoms with Crippen molar-refractivity contribution in [2.45, 2.75) is 11.4 Å². The minimum absolute atomic E-state index is 0.201. The van der Waals surface area contributed by atoms with Gasteiger partial charge < -0.3 is 9.88 Å². The van der Waals surface area contributed by atoms with Crippen LogP contribution in [0.3, 0.4) is 0 Å². The summed E-state index contributed by atoms with van der Waals surface area (Å²) in [6.45, 7) is 0.403. The van der Waals surface area contributed by atoms with Crippen molar-refractivity contribution in [1.29, 1.82) is 0 Å². The van der Waals surface area contributed by atoms with Crippen LogP contribution in [-0.4, -0.2) is 37.3 Å². The van der Waals surface area contributed by atoms with E-state index in [1.807, 2.05) is 24.3 Å². The first-order valence-electron chi connectivity index (χ1n) is 8.25. The molecule has 8 heteroatoms. The lowest BCUT2D eigenvalue weighted by atomic mass is 10.2. The molecule has 0 bridgehead atoms. The fraction of sp³-hybridized carbons (Fsp3) is 0.211. The van der Waals surface area contributed by atoms with Crippen LogP contribution < -0.4 is 5.32 Å².